The molecule has 1 aromatic heterocycles. The van der Waals surface area contributed by atoms with Crippen LogP contribution in [0.25, 0.3) is 0 Å². The van der Waals surface area contributed by atoms with Crippen molar-refractivity contribution in [1.29, 1.82) is 0 Å². The summed E-state index contributed by atoms with van der Waals surface area (Å²) in [4.78, 5) is 22.9. The first-order valence-electron chi connectivity index (χ1n) is 5.13. The highest BCUT2D eigenvalue weighted by Crippen LogP contribution is 2.24. The minimum absolute atomic E-state index is 0.118. The number of furan rings is 1. The summed E-state index contributed by atoms with van der Waals surface area (Å²) >= 11 is 9.03. The number of amides is 2. The normalized spacial score (nSPS) is 10.2. The summed E-state index contributed by atoms with van der Waals surface area (Å²) in [7, 11) is 0. The predicted octanol–water partition coefficient (Wildman–Crippen LogP) is 3.05. The van der Waals surface area contributed by atoms with Gasteiger partial charge in [0.1, 0.15) is 0 Å². The predicted molar refractivity (Wildman–Crippen MR) is 74.3 cm³/mol. The topological polar surface area (TPSA) is 85.3 Å². The van der Waals surface area contributed by atoms with Crippen molar-refractivity contribution in [3.05, 3.63) is 51.3 Å². The van der Waals surface area contributed by atoms with Gasteiger partial charge in [0.05, 0.1) is 10.7 Å². The quantitative estimate of drug-likeness (QED) is 0.898. The van der Waals surface area contributed by atoms with Crippen LogP contribution in [0.3, 0.4) is 0 Å². The lowest BCUT2D eigenvalue weighted by atomic mass is 10.2. The Morgan fingerprint density at radius 3 is 2.58 bits per heavy atom. The second kappa shape index (κ2) is 5.46. The molecule has 3 N–H and O–H groups in total. The van der Waals surface area contributed by atoms with E-state index in [1.54, 1.807) is 6.07 Å². The molecule has 2 rings (SSSR count). The van der Waals surface area contributed by atoms with E-state index >= 15 is 0 Å². The van der Waals surface area contributed by atoms with Gasteiger partial charge < -0.3 is 15.5 Å². The summed E-state index contributed by atoms with van der Waals surface area (Å²) in [5.41, 5.74) is 5.70. The molecular formula is C12H8BrClN2O3. The zero-order chi connectivity index (χ0) is 14.0. The fraction of sp³-hybridized carbons (Fsp3) is 0. The summed E-state index contributed by atoms with van der Waals surface area (Å²) < 4.78 is 5.54. The molecule has 0 aliphatic carbocycles. The van der Waals surface area contributed by atoms with E-state index in [0.29, 0.717) is 9.69 Å². The van der Waals surface area contributed by atoms with Crippen LogP contribution in [0.15, 0.2) is 39.4 Å². The zero-order valence-electron chi connectivity index (χ0n) is 9.44. The van der Waals surface area contributed by atoms with E-state index in [1.807, 2.05) is 0 Å². The van der Waals surface area contributed by atoms with E-state index in [4.69, 9.17) is 21.8 Å². The molecule has 0 spiro atoms. The summed E-state index contributed by atoms with van der Waals surface area (Å²) in [6.07, 6.45) is 0. The average Bonchev–Trinajstić information content (AvgIpc) is 2.78. The first-order chi connectivity index (χ1) is 8.97. The van der Waals surface area contributed by atoms with Crippen LogP contribution in [0.1, 0.15) is 20.9 Å². The van der Waals surface area contributed by atoms with Crippen LogP contribution in [-0.4, -0.2) is 11.8 Å². The fourth-order valence-electron chi connectivity index (χ4n) is 1.39. The standard InChI is InChI=1S/C12H8BrClN2O3/c13-10-4-3-9(19-10)12(18)16-8-5-6(11(15)17)1-2-7(8)14/h1-5H,(H2,15,17)(H,16,18). The molecule has 2 aromatic rings. The SMILES string of the molecule is NC(=O)c1ccc(Cl)c(NC(=O)c2ccc(Br)o2)c1. The number of halogens is 2. The molecule has 19 heavy (non-hydrogen) atoms. The molecule has 1 heterocycles. The summed E-state index contributed by atoms with van der Waals surface area (Å²) in [6.45, 7) is 0. The fourth-order valence-corrected chi connectivity index (χ4v) is 1.87. The van der Waals surface area contributed by atoms with Crippen LogP contribution < -0.4 is 11.1 Å². The number of primary amides is 1. The Labute approximate surface area is 121 Å². The van der Waals surface area contributed by atoms with Crippen molar-refractivity contribution in [3.63, 3.8) is 0 Å². The van der Waals surface area contributed by atoms with Crippen LogP contribution in [0.5, 0.6) is 0 Å². The molecule has 0 fully saturated rings. The molecule has 0 atom stereocenters. The van der Waals surface area contributed by atoms with Crippen LogP contribution >= 0.6 is 27.5 Å². The number of nitrogens with one attached hydrogen (secondary N) is 1. The maximum Gasteiger partial charge on any atom is 0.291 e. The number of nitrogens with two attached hydrogens (primary N) is 1. The third kappa shape index (κ3) is 3.15. The molecule has 0 unspecified atom stereocenters. The maximum atomic E-state index is 11.9. The molecular weight excluding hydrogens is 336 g/mol. The number of rotatable bonds is 3. The maximum absolute atomic E-state index is 11.9. The Kier molecular flexibility index (Phi) is 3.92. The first kappa shape index (κ1) is 13.6. The van der Waals surface area contributed by atoms with Gasteiger partial charge in [-0.05, 0) is 46.3 Å². The van der Waals surface area contributed by atoms with Gasteiger partial charge in [0.2, 0.25) is 5.91 Å². The second-order valence-corrected chi connectivity index (χ2v) is 4.81. The monoisotopic (exact) mass is 342 g/mol. The molecule has 7 heteroatoms. The number of anilines is 1. The van der Waals surface area contributed by atoms with Gasteiger partial charge in [-0.15, -0.1) is 0 Å². The van der Waals surface area contributed by atoms with Crippen molar-refractivity contribution in [2.45, 2.75) is 0 Å². The minimum Gasteiger partial charge on any atom is -0.444 e. The number of carbonyl (C=O) groups excluding carboxylic acids is 2. The third-order valence-electron chi connectivity index (χ3n) is 2.30. The van der Waals surface area contributed by atoms with Gasteiger partial charge in [-0.25, -0.2) is 0 Å². The van der Waals surface area contributed by atoms with Crippen LogP contribution in [-0.2, 0) is 0 Å². The molecule has 0 aliphatic heterocycles. The summed E-state index contributed by atoms with van der Waals surface area (Å²) in [5.74, 6) is -0.963. The lowest BCUT2D eigenvalue weighted by Crippen LogP contribution is -2.14. The summed E-state index contributed by atoms with van der Waals surface area (Å²) in [5, 5.41) is 2.84. The Morgan fingerprint density at radius 2 is 2.00 bits per heavy atom. The molecule has 0 bridgehead atoms. The molecule has 0 radical (unpaired) electrons. The minimum atomic E-state index is -0.604. The van der Waals surface area contributed by atoms with Crippen LogP contribution in [0, 0.1) is 0 Å². The highest BCUT2D eigenvalue weighted by Gasteiger charge is 2.13. The van der Waals surface area contributed by atoms with Gasteiger partial charge in [0.25, 0.3) is 5.91 Å². The average molecular weight is 344 g/mol. The van der Waals surface area contributed by atoms with Crippen molar-refractivity contribution in [1.82, 2.24) is 0 Å². The highest BCUT2D eigenvalue weighted by molar-refractivity contribution is 9.10. The molecule has 2 amide bonds. The Hall–Kier alpha value is -1.79. The van der Waals surface area contributed by atoms with Gasteiger partial charge >= 0.3 is 0 Å². The van der Waals surface area contributed by atoms with Crippen molar-refractivity contribution < 1.29 is 14.0 Å². The number of hydrogen-bond acceptors (Lipinski definition) is 3. The number of benzene rings is 1. The lowest BCUT2D eigenvalue weighted by molar-refractivity contribution is 0.0987. The van der Waals surface area contributed by atoms with Gasteiger partial charge in [-0.3, -0.25) is 9.59 Å². The van der Waals surface area contributed by atoms with E-state index in [9.17, 15) is 9.59 Å². The van der Waals surface area contributed by atoms with Crippen molar-refractivity contribution in [2.24, 2.45) is 5.73 Å². The van der Waals surface area contributed by atoms with Crippen molar-refractivity contribution in [3.8, 4) is 0 Å². The molecule has 5 nitrogen and oxygen atoms in total. The number of hydrogen-bond donors (Lipinski definition) is 2. The number of carbonyl (C=O) groups is 2. The van der Waals surface area contributed by atoms with E-state index in [0.717, 1.165) is 0 Å². The Morgan fingerprint density at radius 1 is 1.26 bits per heavy atom. The van der Waals surface area contributed by atoms with Gasteiger partial charge in [0, 0.05) is 5.56 Å². The Balaban J connectivity index is 2.25. The molecule has 1 aromatic carbocycles. The lowest BCUT2D eigenvalue weighted by Gasteiger charge is -2.07. The smallest absolute Gasteiger partial charge is 0.291 e. The summed E-state index contributed by atoms with van der Waals surface area (Å²) in [6, 6.07) is 7.46. The zero-order valence-corrected chi connectivity index (χ0v) is 11.8. The van der Waals surface area contributed by atoms with Crippen molar-refractivity contribution in [2.75, 3.05) is 5.32 Å². The van der Waals surface area contributed by atoms with Gasteiger partial charge in [0.15, 0.2) is 10.4 Å². The van der Waals surface area contributed by atoms with E-state index in [-0.39, 0.29) is 17.0 Å². The van der Waals surface area contributed by atoms with Crippen molar-refractivity contribution >= 4 is 45.0 Å². The molecule has 0 saturated carbocycles. The van der Waals surface area contributed by atoms with E-state index in [1.165, 1.54) is 24.3 Å². The molecule has 0 aliphatic rings. The highest BCUT2D eigenvalue weighted by atomic mass is 79.9. The molecule has 98 valence electrons. The van der Waals surface area contributed by atoms with E-state index in [2.05, 4.69) is 21.2 Å². The van der Waals surface area contributed by atoms with Crippen LogP contribution in [0.2, 0.25) is 5.02 Å². The molecule has 0 saturated heterocycles. The van der Waals surface area contributed by atoms with Crippen LogP contribution in [0.4, 0.5) is 5.69 Å². The third-order valence-corrected chi connectivity index (χ3v) is 3.05. The largest absolute Gasteiger partial charge is 0.444 e. The first-order valence-corrected chi connectivity index (χ1v) is 6.30. The van der Waals surface area contributed by atoms with E-state index < -0.39 is 11.8 Å². The van der Waals surface area contributed by atoms with Gasteiger partial charge in [-0.1, -0.05) is 11.6 Å². The Bertz CT molecular complexity index is 654. The second-order valence-electron chi connectivity index (χ2n) is 3.62. The van der Waals surface area contributed by atoms with Gasteiger partial charge in [-0.2, -0.15) is 0 Å².